The lowest BCUT2D eigenvalue weighted by Gasteiger charge is -2.58. The fourth-order valence-corrected chi connectivity index (χ4v) is 11.6. The molecule has 0 aliphatic heterocycles. The molecule has 3 nitrogen and oxygen atoms in total. The highest BCUT2D eigenvalue weighted by molar-refractivity contribution is 5.98. The number of unbranched alkanes of at least 4 members (excludes halogenated alkanes) is 1. The quantitative estimate of drug-likeness (QED) is 0.0838. The van der Waals surface area contributed by atoms with Crippen LogP contribution in [0.1, 0.15) is 125 Å². The molecule has 8 unspecified atom stereocenters. The predicted octanol–water partition coefficient (Wildman–Crippen LogP) is 12.5. The molecule has 8 atom stereocenters. The third kappa shape index (κ3) is 7.07. The lowest BCUT2D eigenvalue weighted by atomic mass is 9.47. The van der Waals surface area contributed by atoms with Crippen LogP contribution < -0.4 is 4.74 Å². The second kappa shape index (κ2) is 14.4. The lowest BCUT2D eigenvalue weighted by molar-refractivity contribution is -0.151. The second-order valence-electron chi connectivity index (χ2n) is 17.7. The van der Waals surface area contributed by atoms with Gasteiger partial charge in [0, 0.05) is 12.8 Å². The molecule has 0 heterocycles. The van der Waals surface area contributed by atoms with Gasteiger partial charge in [-0.15, -0.1) is 0 Å². The third-order valence-corrected chi connectivity index (χ3v) is 14.3. The predicted molar refractivity (Wildman–Crippen MR) is 204 cm³/mol. The molecule has 0 radical (unpaired) electrons. The fraction of sp³-hybridized carbons (Fsp3) is 0.630. The molecule has 0 N–H and O–H groups in total. The van der Waals surface area contributed by atoms with Crippen molar-refractivity contribution in [3.63, 3.8) is 0 Å². The van der Waals surface area contributed by atoms with Crippen LogP contribution >= 0.6 is 0 Å². The van der Waals surface area contributed by atoms with Crippen molar-refractivity contribution >= 4 is 27.5 Å². The summed E-state index contributed by atoms with van der Waals surface area (Å²) in [4.78, 5) is 12.9. The molecule has 3 aromatic carbocycles. The first kappa shape index (κ1) is 34.6. The number of carbonyl (C=O) groups excluding carboxylic acids is 1. The van der Waals surface area contributed by atoms with E-state index in [2.05, 4.69) is 95.3 Å². The SMILES string of the molecule is CC(C)CCCC(C)C1CCC2C3CC=C4CC(OC(=O)CCCCOc5ccc6cc7ccccc7cc6c5)CCC4(C)C3CCC12C. The van der Waals surface area contributed by atoms with E-state index in [0.717, 1.165) is 66.9 Å². The summed E-state index contributed by atoms with van der Waals surface area (Å²) in [7, 11) is 0. The van der Waals surface area contributed by atoms with Gasteiger partial charge in [-0.05, 0) is 150 Å². The van der Waals surface area contributed by atoms with Crippen molar-refractivity contribution in [2.45, 2.75) is 131 Å². The molecule has 0 aromatic heterocycles. The largest absolute Gasteiger partial charge is 0.494 e. The van der Waals surface area contributed by atoms with Gasteiger partial charge in [-0.2, -0.15) is 0 Å². The Labute approximate surface area is 296 Å². The van der Waals surface area contributed by atoms with Crippen LogP contribution in [0.2, 0.25) is 0 Å². The highest BCUT2D eigenvalue weighted by Gasteiger charge is 2.59. The van der Waals surface area contributed by atoms with E-state index in [0.29, 0.717) is 23.9 Å². The molecule has 49 heavy (non-hydrogen) atoms. The minimum Gasteiger partial charge on any atom is -0.494 e. The first-order chi connectivity index (χ1) is 23.6. The summed E-state index contributed by atoms with van der Waals surface area (Å²) in [5.74, 6) is 5.99. The normalized spacial score (nSPS) is 31.6. The molecular formula is C46H62O3. The third-order valence-electron chi connectivity index (χ3n) is 14.3. The van der Waals surface area contributed by atoms with Crippen molar-refractivity contribution in [3.8, 4) is 5.75 Å². The second-order valence-corrected chi connectivity index (χ2v) is 17.7. The molecule has 4 aliphatic rings. The Kier molecular flexibility index (Phi) is 10.2. The molecule has 3 saturated carbocycles. The Bertz CT molecular complexity index is 1650. The van der Waals surface area contributed by atoms with Crippen molar-refractivity contribution in [2.75, 3.05) is 6.61 Å². The van der Waals surface area contributed by atoms with Crippen molar-refractivity contribution < 1.29 is 14.3 Å². The number of benzene rings is 3. The van der Waals surface area contributed by atoms with Crippen LogP contribution in [0.15, 0.2) is 66.2 Å². The summed E-state index contributed by atoms with van der Waals surface area (Å²) in [6.45, 7) is 13.2. The fourth-order valence-electron chi connectivity index (χ4n) is 11.6. The average molecular weight is 663 g/mol. The van der Waals surface area contributed by atoms with Crippen LogP contribution in [0, 0.1) is 46.3 Å². The molecule has 0 amide bonds. The highest BCUT2D eigenvalue weighted by atomic mass is 16.5. The smallest absolute Gasteiger partial charge is 0.306 e. The van der Waals surface area contributed by atoms with Crippen LogP contribution in [0.5, 0.6) is 5.75 Å². The lowest BCUT2D eigenvalue weighted by Crippen LogP contribution is -2.51. The Balaban J connectivity index is 0.870. The van der Waals surface area contributed by atoms with E-state index in [9.17, 15) is 4.79 Å². The van der Waals surface area contributed by atoms with Gasteiger partial charge in [0.15, 0.2) is 0 Å². The van der Waals surface area contributed by atoms with E-state index < -0.39 is 0 Å². The Morgan fingerprint density at radius 2 is 1.59 bits per heavy atom. The number of fused-ring (bicyclic) bond motifs is 7. The van der Waals surface area contributed by atoms with Crippen LogP contribution in [0.4, 0.5) is 0 Å². The average Bonchev–Trinajstić information content (AvgIpc) is 3.44. The van der Waals surface area contributed by atoms with Crippen LogP contribution in [-0.4, -0.2) is 18.7 Å². The maximum atomic E-state index is 12.9. The summed E-state index contributed by atoms with van der Waals surface area (Å²) >= 11 is 0. The van der Waals surface area contributed by atoms with Crippen molar-refractivity contribution in [3.05, 3.63) is 66.2 Å². The Hall–Kier alpha value is -2.81. The summed E-state index contributed by atoms with van der Waals surface area (Å²) < 4.78 is 12.2. The number of ether oxygens (including phenoxy) is 2. The number of esters is 1. The van der Waals surface area contributed by atoms with Gasteiger partial charge in [0.25, 0.3) is 0 Å². The van der Waals surface area contributed by atoms with E-state index in [1.165, 1.54) is 79.3 Å². The van der Waals surface area contributed by atoms with Gasteiger partial charge in [0.1, 0.15) is 11.9 Å². The van der Waals surface area contributed by atoms with Gasteiger partial charge < -0.3 is 9.47 Å². The minimum atomic E-state index is -0.0339. The van der Waals surface area contributed by atoms with Gasteiger partial charge >= 0.3 is 5.97 Å². The molecule has 7 rings (SSSR count). The van der Waals surface area contributed by atoms with Gasteiger partial charge in [-0.25, -0.2) is 0 Å². The van der Waals surface area contributed by atoms with Crippen molar-refractivity contribution in [1.82, 2.24) is 0 Å². The molecule has 3 fully saturated rings. The van der Waals surface area contributed by atoms with Gasteiger partial charge in [-0.3, -0.25) is 4.79 Å². The van der Waals surface area contributed by atoms with Crippen LogP contribution in [-0.2, 0) is 9.53 Å². The van der Waals surface area contributed by atoms with Gasteiger partial charge in [-0.1, -0.05) is 95.9 Å². The molecule has 0 bridgehead atoms. The molecule has 4 aliphatic carbocycles. The number of allylic oxidation sites excluding steroid dienone is 1. The maximum Gasteiger partial charge on any atom is 0.306 e. The van der Waals surface area contributed by atoms with E-state index in [-0.39, 0.29) is 12.1 Å². The molecule has 3 aromatic rings. The molecule has 264 valence electrons. The summed E-state index contributed by atoms with van der Waals surface area (Å²) in [5, 5.41) is 4.92. The first-order valence-electron chi connectivity index (χ1n) is 20.1. The van der Waals surface area contributed by atoms with Crippen molar-refractivity contribution in [1.29, 1.82) is 0 Å². The minimum absolute atomic E-state index is 0.0339. The van der Waals surface area contributed by atoms with Crippen LogP contribution in [0.25, 0.3) is 21.5 Å². The molecule has 0 saturated heterocycles. The van der Waals surface area contributed by atoms with Gasteiger partial charge in [0.05, 0.1) is 6.61 Å². The monoisotopic (exact) mass is 662 g/mol. The standard InChI is InChI=1S/C46H62O3/c1-31(2)11-10-12-32(3)41-20-21-42-40-19-17-37-30-39(22-24-45(37,4)43(40)23-25-46(41,42)5)49-44(47)15-8-9-26-48-38-18-16-35-27-33-13-6-7-14-34(33)28-36(35)29-38/h6-7,13-14,16-18,27-29,31-32,39-43H,8-12,15,19-26,30H2,1-5H3. The number of hydrogen-bond acceptors (Lipinski definition) is 3. The van der Waals surface area contributed by atoms with E-state index in [4.69, 9.17) is 9.47 Å². The zero-order chi connectivity index (χ0) is 34.2. The number of hydrogen-bond donors (Lipinski definition) is 0. The molecular weight excluding hydrogens is 601 g/mol. The molecule has 3 heteroatoms. The highest BCUT2D eigenvalue weighted by Crippen LogP contribution is 2.67. The van der Waals surface area contributed by atoms with E-state index in [1.54, 1.807) is 5.57 Å². The Morgan fingerprint density at radius 3 is 2.39 bits per heavy atom. The summed E-state index contributed by atoms with van der Waals surface area (Å²) in [6.07, 6.45) is 19.1. The zero-order valence-electron chi connectivity index (χ0n) is 31.1. The van der Waals surface area contributed by atoms with E-state index >= 15 is 0 Å². The van der Waals surface area contributed by atoms with Crippen molar-refractivity contribution in [2.24, 2.45) is 46.3 Å². The zero-order valence-corrected chi connectivity index (χ0v) is 31.1. The van der Waals surface area contributed by atoms with E-state index in [1.807, 2.05) is 0 Å². The number of carbonyl (C=O) groups is 1. The summed E-state index contributed by atoms with van der Waals surface area (Å²) in [6, 6.07) is 19.3. The molecule has 0 spiro atoms. The topological polar surface area (TPSA) is 35.5 Å². The van der Waals surface area contributed by atoms with Gasteiger partial charge in [0.2, 0.25) is 0 Å². The maximum absolute atomic E-state index is 12.9. The number of rotatable bonds is 12. The first-order valence-corrected chi connectivity index (χ1v) is 20.1. The van der Waals surface area contributed by atoms with Crippen LogP contribution in [0.3, 0.4) is 0 Å². The Morgan fingerprint density at radius 1 is 0.816 bits per heavy atom. The summed E-state index contributed by atoms with van der Waals surface area (Å²) in [5.41, 5.74) is 2.43.